The lowest BCUT2D eigenvalue weighted by Crippen LogP contribution is -2.29. The van der Waals surface area contributed by atoms with Crippen molar-refractivity contribution in [1.29, 1.82) is 0 Å². The van der Waals surface area contributed by atoms with Crippen LogP contribution in [0.5, 0.6) is 11.5 Å². The SMILES string of the molecule is COC(=O)C1=C(C)NC2=C(C(=O)c3ccccc32)[C@@H]1c1cc(I)c(OCc2ccccc2Cl)c(OC)c1. The number of esters is 1. The fraction of sp³-hybridized carbons (Fsp3) is 0.172. The van der Waals surface area contributed by atoms with Gasteiger partial charge in [-0.25, -0.2) is 4.79 Å². The molecular formula is C29H23ClINO5. The van der Waals surface area contributed by atoms with E-state index in [2.05, 4.69) is 27.9 Å². The Kier molecular flexibility index (Phi) is 7.00. The Bertz CT molecular complexity index is 1510. The van der Waals surface area contributed by atoms with E-state index in [4.69, 9.17) is 25.8 Å². The quantitative estimate of drug-likeness (QED) is 0.257. The van der Waals surface area contributed by atoms with E-state index in [0.29, 0.717) is 44.6 Å². The number of halogens is 2. The number of dihydropyridines is 1. The van der Waals surface area contributed by atoms with E-state index in [9.17, 15) is 9.59 Å². The summed E-state index contributed by atoms with van der Waals surface area (Å²) in [4.78, 5) is 26.6. The number of nitrogens with one attached hydrogen (secondary N) is 1. The van der Waals surface area contributed by atoms with Gasteiger partial charge in [-0.05, 0) is 53.3 Å². The molecule has 8 heteroatoms. The summed E-state index contributed by atoms with van der Waals surface area (Å²) in [6, 6.07) is 18.7. The van der Waals surface area contributed by atoms with Crippen LogP contribution in [-0.4, -0.2) is 26.0 Å². The van der Waals surface area contributed by atoms with Gasteiger partial charge in [0, 0.05) is 38.9 Å². The van der Waals surface area contributed by atoms with E-state index in [1.807, 2.05) is 61.5 Å². The van der Waals surface area contributed by atoms with Gasteiger partial charge in [0.15, 0.2) is 17.3 Å². The predicted octanol–water partition coefficient (Wildman–Crippen LogP) is 6.27. The third-order valence-electron chi connectivity index (χ3n) is 6.57. The molecule has 1 aliphatic carbocycles. The minimum absolute atomic E-state index is 0.120. The molecule has 0 saturated heterocycles. The molecule has 0 bridgehead atoms. The molecule has 1 aliphatic heterocycles. The van der Waals surface area contributed by atoms with Gasteiger partial charge in [0.2, 0.25) is 0 Å². The number of Topliss-reactive ketones (excluding diaryl/α,β-unsaturated/α-hetero) is 1. The van der Waals surface area contributed by atoms with Crippen molar-refractivity contribution in [1.82, 2.24) is 5.32 Å². The molecule has 0 saturated carbocycles. The van der Waals surface area contributed by atoms with Crippen LogP contribution in [0, 0.1) is 3.57 Å². The molecule has 5 rings (SSSR count). The van der Waals surface area contributed by atoms with E-state index in [-0.39, 0.29) is 12.4 Å². The zero-order valence-corrected chi connectivity index (χ0v) is 23.3. The Morgan fingerprint density at radius 2 is 1.76 bits per heavy atom. The Hall–Kier alpha value is -3.30. The van der Waals surface area contributed by atoms with Gasteiger partial charge >= 0.3 is 5.97 Å². The van der Waals surface area contributed by atoms with Crippen molar-refractivity contribution in [3.63, 3.8) is 0 Å². The van der Waals surface area contributed by atoms with E-state index < -0.39 is 11.9 Å². The number of rotatable bonds is 6. The number of allylic oxidation sites excluding steroid dienone is 2. The summed E-state index contributed by atoms with van der Waals surface area (Å²) >= 11 is 8.48. The number of carbonyl (C=O) groups excluding carboxylic acids is 2. The van der Waals surface area contributed by atoms with Crippen molar-refractivity contribution in [2.45, 2.75) is 19.4 Å². The van der Waals surface area contributed by atoms with Crippen LogP contribution in [0.2, 0.25) is 5.02 Å². The van der Waals surface area contributed by atoms with E-state index in [1.165, 1.54) is 7.11 Å². The van der Waals surface area contributed by atoms with Gasteiger partial charge in [0.1, 0.15) is 6.61 Å². The molecular weight excluding hydrogens is 605 g/mol. The third-order valence-corrected chi connectivity index (χ3v) is 7.74. The van der Waals surface area contributed by atoms with Crippen LogP contribution >= 0.6 is 34.2 Å². The summed E-state index contributed by atoms with van der Waals surface area (Å²) in [5.74, 6) is -0.234. The monoisotopic (exact) mass is 627 g/mol. The Morgan fingerprint density at radius 1 is 1.05 bits per heavy atom. The minimum atomic E-state index is -0.649. The number of ether oxygens (including phenoxy) is 3. The van der Waals surface area contributed by atoms with Crippen molar-refractivity contribution in [3.05, 3.63) is 108 Å². The number of hydrogen-bond acceptors (Lipinski definition) is 6. The molecule has 0 aromatic heterocycles. The fourth-order valence-electron chi connectivity index (χ4n) is 4.85. The van der Waals surface area contributed by atoms with E-state index in [0.717, 1.165) is 20.3 Å². The molecule has 0 spiro atoms. The highest BCUT2D eigenvalue weighted by atomic mass is 127. The second-order valence-corrected chi connectivity index (χ2v) is 10.2. The largest absolute Gasteiger partial charge is 0.493 e. The van der Waals surface area contributed by atoms with Gasteiger partial charge in [-0.1, -0.05) is 54.1 Å². The number of methoxy groups -OCH3 is 2. The molecule has 188 valence electrons. The molecule has 0 fully saturated rings. The predicted molar refractivity (Wildman–Crippen MR) is 150 cm³/mol. The van der Waals surface area contributed by atoms with Crippen LogP contribution in [-0.2, 0) is 16.1 Å². The van der Waals surface area contributed by atoms with Crippen LogP contribution in [0.15, 0.2) is 77.5 Å². The highest BCUT2D eigenvalue weighted by Gasteiger charge is 2.43. The van der Waals surface area contributed by atoms with Gasteiger partial charge in [0.05, 0.1) is 29.1 Å². The van der Waals surface area contributed by atoms with E-state index in [1.54, 1.807) is 13.2 Å². The topological polar surface area (TPSA) is 73.9 Å². The molecule has 2 aliphatic rings. The zero-order chi connectivity index (χ0) is 26.3. The van der Waals surface area contributed by atoms with Crippen LogP contribution in [0.1, 0.15) is 39.9 Å². The first-order valence-electron chi connectivity index (χ1n) is 11.5. The number of carbonyl (C=O) groups is 2. The summed E-state index contributed by atoms with van der Waals surface area (Å²) in [5.41, 5.74) is 5.22. The minimum Gasteiger partial charge on any atom is -0.493 e. The zero-order valence-electron chi connectivity index (χ0n) is 20.4. The average molecular weight is 628 g/mol. The van der Waals surface area contributed by atoms with Gasteiger partial charge in [-0.2, -0.15) is 0 Å². The normalized spacial score (nSPS) is 16.2. The summed E-state index contributed by atoms with van der Waals surface area (Å²) < 4.78 is 17.8. The summed E-state index contributed by atoms with van der Waals surface area (Å²) in [7, 11) is 2.90. The fourth-order valence-corrected chi connectivity index (χ4v) is 5.83. The molecule has 3 aromatic carbocycles. The molecule has 0 unspecified atom stereocenters. The molecule has 37 heavy (non-hydrogen) atoms. The lowest BCUT2D eigenvalue weighted by atomic mass is 9.79. The Balaban J connectivity index is 1.61. The van der Waals surface area contributed by atoms with Gasteiger partial charge in [-0.15, -0.1) is 0 Å². The maximum absolute atomic E-state index is 13.6. The molecule has 1 atom stereocenters. The summed E-state index contributed by atoms with van der Waals surface area (Å²) in [5, 5.41) is 3.91. The van der Waals surface area contributed by atoms with Gasteiger partial charge in [-0.3, -0.25) is 4.79 Å². The van der Waals surface area contributed by atoms with Crippen molar-refractivity contribution in [3.8, 4) is 11.5 Å². The van der Waals surface area contributed by atoms with Crippen molar-refractivity contribution < 1.29 is 23.8 Å². The van der Waals surface area contributed by atoms with Crippen LogP contribution in [0.25, 0.3) is 5.70 Å². The summed E-state index contributed by atoms with van der Waals surface area (Å²) in [6.45, 7) is 2.08. The molecule has 1 heterocycles. The number of fused-ring (bicyclic) bond motifs is 2. The molecule has 6 nitrogen and oxygen atoms in total. The van der Waals surface area contributed by atoms with Gasteiger partial charge in [0.25, 0.3) is 0 Å². The average Bonchev–Trinajstić information content (AvgIpc) is 3.18. The second-order valence-electron chi connectivity index (χ2n) is 8.67. The standard InChI is InChI=1S/C29H23ClINO5/c1-15-23(29(34)36-3)24(25-26(32-15)18-9-5-6-10-19(18)27(25)33)17-12-21(31)28(22(13-17)35-2)37-14-16-8-4-7-11-20(16)30/h4-13,24,32H,14H2,1-3H3/t24-/m1/s1. The molecule has 3 aromatic rings. The molecule has 0 radical (unpaired) electrons. The van der Waals surface area contributed by atoms with Crippen molar-refractivity contribution in [2.24, 2.45) is 0 Å². The van der Waals surface area contributed by atoms with Crippen LogP contribution in [0.4, 0.5) is 0 Å². The van der Waals surface area contributed by atoms with Gasteiger partial charge < -0.3 is 19.5 Å². The molecule has 1 N–H and O–H groups in total. The highest BCUT2D eigenvalue weighted by molar-refractivity contribution is 14.1. The lowest BCUT2D eigenvalue weighted by Gasteiger charge is -2.29. The first kappa shape index (κ1) is 25.4. The number of benzene rings is 3. The maximum atomic E-state index is 13.6. The number of ketones is 1. The Labute approximate surface area is 233 Å². The van der Waals surface area contributed by atoms with Crippen molar-refractivity contribution >= 4 is 51.6 Å². The first-order valence-corrected chi connectivity index (χ1v) is 13.0. The first-order chi connectivity index (χ1) is 17.8. The smallest absolute Gasteiger partial charge is 0.336 e. The third kappa shape index (κ3) is 4.40. The van der Waals surface area contributed by atoms with E-state index >= 15 is 0 Å². The highest BCUT2D eigenvalue weighted by Crippen LogP contribution is 2.48. The maximum Gasteiger partial charge on any atom is 0.336 e. The Morgan fingerprint density at radius 3 is 2.46 bits per heavy atom. The second kappa shape index (κ2) is 10.2. The number of hydrogen-bond donors (Lipinski definition) is 1. The molecule has 0 amide bonds. The summed E-state index contributed by atoms with van der Waals surface area (Å²) in [6.07, 6.45) is 0. The van der Waals surface area contributed by atoms with Crippen LogP contribution < -0.4 is 14.8 Å². The lowest BCUT2D eigenvalue weighted by molar-refractivity contribution is -0.136. The van der Waals surface area contributed by atoms with Crippen LogP contribution in [0.3, 0.4) is 0 Å². The van der Waals surface area contributed by atoms with Crippen molar-refractivity contribution in [2.75, 3.05) is 14.2 Å².